The maximum atomic E-state index is 12.5. The fourth-order valence-electron chi connectivity index (χ4n) is 3.29. The van der Waals surface area contributed by atoms with Crippen molar-refractivity contribution in [3.8, 4) is 5.75 Å². The normalized spacial score (nSPS) is 16.3. The van der Waals surface area contributed by atoms with E-state index in [0.29, 0.717) is 12.2 Å². The highest BCUT2D eigenvalue weighted by Crippen LogP contribution is 2.27. The van der Waals surface area contributed by atoms with Crippen LogP contribution in [0, 0.1) is 0 Å². The third kappa shape index (κ3) is 6.48. The fourth-order valence-corrected chi connectivity index (χ4v) is 4.34. The molecule has 1 atom stereocenters. The monoisotopic (exact) mass is 468 g/mol. The number of halogens is 5. The minimum absolute atomic E-state index is 0. The van der Waals surface area contributed by atoms with Gasteiger partial charge in [-0.2, -0.15) is 0 Å². The SMILES string of the molecule is Cl.O=S(=O)(Nc1ccc2c(c1)CC[C@H](NCCF)C2)c1ccc(OC(F)(F)F)cc1. The van der Waals surface area contributed by atoms with Gasteiger partial charge in [-0.15, -0.1) is 25.6 Å². The second kappa shape index (κ2) is 9.84. The summed E-state index contributed by atoms with van der Waals surface area (Å²) < 4.78 is 80.2. The van der Waals surface area contributed by atoms with E-state index in [9.17, 15) is 26.0 Å². The molecular formula is C19H21ClF4N2O3S. The van der Waals surface area contributed by atoms with Crippen molar-refractivity contribution in [2.75, 3.05) is 17.9 Å². The van der Waals surface area contributed by atoms with Crippen molar-refractivity contribution in [3.05, 3.63) is 53.6 Å². The molecule has 0 bridgehead atoms. The van der Waals surface area contributed by atoms with Crippen molar-refractivity contribution in [3.63, 3.8) is 0 Å². The summed E-state index contributed by atoms with van der Waals surface area (Å²) in [5, 5.41) is 3.14. The quantitative estimate of drug-likeness (QED) is 0.597. The number of nitrogens with one attached hydrogen (secondary N) is 2. The predicted molar refractivity (Wildman–Crippen MR) is 107 cm³/mol. The smallest absolute Gasteiger partial charge is 0.406 e. The molecule has 0 spiro atoms. The summed E-state index contributed by atoms with van der Waals surface area (Å²) >= 11 is 0. The molecule has 2 aromatic carbocycles. The van der Waals surface area contributed by atoms with Crippen molar-refractivity contribution in [1.29, 1.82) is 0 Å². The molecule has 0 saturated carbocycles. The molecule has 0 unspecified atom stereocenters. The van der Waals surface area contributed by atoms with Gasteiger partial charge in [0.15, 0.2) is 0 Å². The zero-order valence-electron chi connectivity index (χ0n) is 15.7. The molecule has 0 amide bonds. The van der Waals surface area contributed by atoms with Gasteiger partial charge < -0.3 is 10.1 Å². The van der Waals surface area contributed by atoms with Gasteiger partial charge in [0.05, 0.1) is 4.90 Å². The summed E-state index contributed by atoms with van der Waals surface area (Å²) in [7, 11) is -3.96. The maximum absolute atomic E-state index is 12.5. The highest BCUT2D eigenvalue weighted by molar-refractivity contribution is 7.92. The Balaban J connectivity index is 0.00000320. The van der Waals surface area contributed by atoms with Crippen LogP contribution in [0.25, 0.3) is 0 Å². The Morgan fingerprint density at radius 2 is 1.77 bits per heavy atom. The predicted octanol–water partition coefficient (Wildman–Crippen LogP) is 4.22. The maximum Gasteiger partial charge on any atom is 0.573 e. The lowest BCUT2D eigenvalue weighted by molar-refractivity contribution is -0.274. The highest BCUT2D eigenvalue weighted by atomic mass is 35.5. The largest absolute Gasteiger partial charge is 0.573 e. The first-order valence-electron chi connectivity index (χ1n) is 8.96. The first kappa shape index (κ1) is 24.2. The Kier molecular flexibility index (Phi) is 7.95. The Morgan fingerprint density at radius 3 is 2.40 bits per heavy atom. The molecule has 2 aromatic rings. The number of sulfonamides is 1. The molecule has 5 nitrogen and oxygen atoms in total. The van der Waals surface area contributed by atoms with Crippen LogP contribution >= 0.6 is 12.4 Å². The van der Waals surface area contributed by atoms with Gasteiger partial charge >= 0.3 is 6.36 Å². The highest BCUT2D eigenvalue weighted by Gasteiger charge is 2.31. The van der Waals surface area contributed by atoms with E-state index in [1.807, 2.05) is 6.07 Å². The van der Waals surface area contributed by atoms with Crippen LogP contribution in [0.1, 0.15) is 17.5 Å². The van der Waals surface area contributed by atoms with E-state index < -0.39 is 28.8 Å². The Labute approximate surface area is 178 Å². The lowest BCUT2D eigenvalue weighted by atomic mass is 9.88. The number of benzene rings is 2. The lowest BCUT2D eigenvalue weighted by Gasteiger charge is -2.26. The number of fused-ring (bicyclic) bond motifs is 1. The number of ether oxygens (including phenoxy) is 1. The summed E-state index contributed by atoms with van der Waals surface area (Å²) in [6, 6.07) is 9.38. The fraction of sp³-hybridized carbons (Fsp3) is 0.368. The zero-order valence-corrected chi connectivity index (χ0v) is 17.3. The summed E-state index contributed by atoms with van der Waals surface area (Å²) in [4.78, 5) is -0.180. The van der Waals surface area contributed by atoms with E-state index in [0.717, 1.165) is 54.7 Å². The standard InChI is InChI=1S/C19H20F4N2O3S.ClH/c20-9-10-24-15-3-1-14-12-16(4-2-13(14)11-15)25-29(26,27)18-7-5-17(6-8-18)28-19(21,22)23;/h2,4-8,12,15,24-25H,1,3,9-11H2;1H/t15-;/m0./s1. The van der Waals surface area contributed by atoms with E-state index in [-0.39, 0.29) is 23.3 Å². The number of hydrogen-bond acceptors (Lipinski definition) is 4. The third-order valence-electron chi connectivity index (χ3n) is 4.58. The molecule has 2 N–H and O–H groups in total. The van der Waals surface area contributed by atoms with Gasteiger partial charge in [-0.3, -0.25) is 4.72 Å². The molecule has 0 heterocycles. The molecule has 0 saturated heterocycles. The van der Waals surface area contributed by atoms with E-state index in [1.54, 1.807) is 12.1 Å². The van der Waals surface area contributed by atoms with Gasteiger partial charge in [-0.25, -0.2) is 12.8 Å². The number of aryl methyl sites for hydroxylation is 1. The molecule has 1 aliphatic carbocycles. The minimum Gasteiger partial charge on any atom is -0.406 e. The molecule has 30 heavy (non-hydrogen) atoms. The van der Waals surface area contributed by atoms with Crippen molar-refractivity contribution >= 4 is 28.1 Å². The van der Waals surface area contributed by atoms with Crippen LogP contribution in [-0.4, -0.2) is 34.0 Å². The number of hydrogen-bond donors (Lipinski definition) is 2. The summed E-state index contributed by atoms with van der Waals surface area (Å²) in [5.74, 6) is -0.499. The van der Waals surface area contributed by atoms with Gasteiger partial charge in [0, 0.05) is 18.3 Å². The van der Waals surface area contributed by atoms with Crippen LogP contribution in [0.5, 0.6) is 5.75 Å². The van der Waals surface area contributed by atoms with E-state index in [2.05, 4.69) is 14.8 Å². The Morgan fingerprint density at radius 1 is 1.07 bits per heavy atom. The Hall–Kier alpha value is -2.04. The number of alkyl halides is 4. The van der Waals surface area contributed by atoms with Gasteiger partial charge in [-0.1, -0.05) is 6.07 Å². The first-order valence-corrected chi connectivity index (χ1v) is 10.4. The van der Waals surface area contributed by atoms with Crippen LogP contribution in [0.15, 0.2) is 47.4 Å². The molecule has 0 radical (unpaired) electrons. The van der Waals surface area contributed by atoms with Gasteiger partial charge in [-0.05, 0) is 66.8 Å². The second-order valence-corrected chi connectivity index (χ2v) is 8.37. The number of rotatable bonds is 7. The topological polar surface area (TPSA) is 67.4 Å². The zero-order chi connectivity index (χ0) is 21.1. The molecule has 0 fully saturated rings. The van der Waals surface area contributed by atoms with Crippen LogP contribution in [0.4, 0.5) is 23.2 Å². The minimum atomic E-state index is -4.85. The van der Waals surface area contributed by atoms with E-state index >= 15 is 0 Å². The van der Waals surface area contributed by atoms with Crippen molar-refractivity contribution in [2.45, 2.75) is 36.6 Å². The van der Waals surface area contributed by atoms with Crippen molar-refractivity contribution in [2.24, 2.45) is 0 Å². The molecule has 3 rings (SSSR count). The third-order valence-corrected chi connectivity index (χ3v) is 5.98. The van der Waals surface area contributed by atoms with Crippen LogP contribution in [0.3, 0.4) is 0 Å². The van der Waals surface area contributed by atoms with Gasteiger partial charge in [0.1, 0.15) is 12.4 Å². The number of anilines is 1. The molecule has 0 aromatic heterocycles. The molecule has 1 aliphatic rings. The summed E-state index contributed by atoms with van der Waals surface area (Å²) in [5.41, 5.74) is 2.45. The second-order valence-electron chi connectivity index (χ2n) is 6.69. The summed E-state index contributed by atoms with van der Waals surface area (Å²) in [6.07, 6.45) is -2.55. The van der Waals surface area contributed by atoms with E-state index in [1.165, 1.54) is 0 Å². The van der Waals surface area contributed by atoms with Crippen molar-refractivity contribution < 1.29 is 30.7 Å². The first-order chi connectivity index (χ1) is 13.7. The van der Waals surface area contributed by atoms with Crippen LogP contribution in [-0.2, 0) is 22.9 Å². The molecule has 166 valence electrons. The lowest BCUT2D eigenvalue weighted by Crippen LogP contribution is -2.35. The van der Waals surface area contributed by atoms with Crippen molar-refractivity contribution in [1.82, 2.24) is 5.32 Å². The Bertz CT molecular complexity index is 953. The molecule has 0 aliphatic heterocycles. The molecular weight excluding hydrogens is 448 g/mol. The summed E-state index contributed by atoms with van der Waals surface area (Å²) in [6.45, 7) is -0.113. The van der Waals surface area contributed by atoms with Crippen LogP contribution in [0.2, 0.25) is 0 Å². The average molecular weight is 469 g/mol. The van der Waals surface area contributed by atoms with Crippen LogP contribution < -0.4 is 14.8 Å². The van der Waals surface area contributed by atoms with E-state index in [4.69, 9.17) is 0 Å². The van der Waals surface area contributed by atoms with Gasteiger partial charge in [0.25, 0.3) is 10.0 Å². The van der Waals surface area contributed by atoms with Gasteiger partial charge in [0.2, 0.25) is 0 Å². The molecule has 11 heteroatoms. The average Bonchev–Trinajstić information content (AvgIpc) is 2.65.